The number of nitrogens with zero attached hydrogens (tertiary/aromatic N) is 2. The predicted molar refractivity (Wildman–Crippen MR) is 53.5 cm³/mol. The van der Waals surface area contributed by atoms with Crippen molar-refractivity contribution in [3.63, 3.8) is 0 Å². The van der Waals surface area contributed by atoms with E-state index in [0.29, 0.717) is 6.04 Å². The van der Waals surface area contributed by atoms with Crippen LogP contribution in [0.1, 0.15) is 19.4 Å². The summed E-state index contributed by atoms with van der Waals surface area (Å²) in [6.45, 7) is 4.83. The van der Waals surface area contributed by atoms with Crippen LogP contribution in [0.3, 0.4) is 0 Å². The number of aromatic nitrogens is 2. The molecule has 0 saturated carbocycles. The molecule has 74 valence electrons. The summed E-state index contributed by atoms with van der Waals surface area (Å²) in [6, 6.07) is 2.35. The Labute approximate surface area is 79.1 Å². The number of hydrogen-bond acceptors (Lipinski definition) is 3. The minimum absolute atomic E-state index is 0.410. The molecule has 0 aromatic carbocycles. The molecule has 3 N–H and O–H groups in total. The Morgan fingerprint density at radius 2 is 2.46 bits per heavy atom. The summed E-state index contributed by atoms with van der Waals surface area (Å²) in [4.78, 5) is 0. The molecule has 4 nitrogen and oxygen atoms in total. The summed E-state index contributed by atoms with van der Waals surface area (Å²) < 4.78 is 1.95. The fourth-order valence-corrected chi connectivity index (χ4v) is 1.17. The van der Waals surface area contributed by atoms with Crippen molar-refractivity contribution in [1.29, 1.82) is 0 Å². The van der Waals surface area contributed by atoms with E-state index >= 15 is 0 Å². The van der Waals surface area contributed by atoms with Gasteiger partial charge in [0.25, 0.3) is 0 Å². The van der Waals surface area contributed by atoms with Gasteiger partial charge in [-0.3, -0.25) is 4.68 Å². The first kappa shape index (κ1) is 10.2. The Morgan fingerprint density at radius 3 is 3.08 bits per heavy atom. The fraction of sp³-hybridized carbons (Fsp3) is 0.667. The molecule has 0 aliphatic rings. The summed E-state index contributed by atoms with van der Waals surface area (Å²) in [7, 11) is 0. The summed E-state index contributed by atoms with van der Waals surface area (Å²) in [6.07, 6.45) is 4.82. The second-order valence-electron chi connectivity index (χ2n) is 3.18. The third-order valence-corrected chi connectivity index (χ3v) is 1.97. The normalized spacial score (nSPS) is 13.1. The van der Waals surface area contributed by atoms with E-state index in [0.717, 1.165) is 26.1 Å². The SMILES string of the molecule is CC(CNCCCN)n1cccn1. The molecular formula is C9H18N4. The number of rotatable bonds is 6. The molecule has 13 heavy (non-hydrogen) atoms. The number of hydrogen-bond donors (Lipinski definition) is 2. The zero-order valence-electron chi connectivity index (χ0n) is 8.11. The predicted octanol–water partition coefficient (Wildman–Crippen LogP) is 0.382. The fourth-order valence-electron chi connectivity index (χ4n) is 1.17. The summed E-state index contributed by atoms with van der Waals surface area (Å²) in [5.74, 6) is 0. The maximum absolute atomic E-state index is 5.38. The molecule has 0 amide bonds. The zero-order valence-corrected chi connectivity index (χ0v) is 8.11. The monoisotopic (exact) mass is 182 g/mol. The van der Waals surface area contributed by atoms with Gasteiger partial charge in [-0.25, -0.2) is 0 Å². The van der Waals surface area contributed by atoms with Crippen LogP contribution in [-0.4, -0.2) is 29.4 Å². The van der Waals surface area contributed by atoms with Gasteiger partial charge in [0, 0.05) is 18.9 Å². The van der Waals surface area contributed by atoms with Gasteiger partial charge in [0.15, 0.2) is 0 Å². The van der Waals surface area contributed by atoms with Crippen molar-refractivity contribution in [3.05, 3.63) is 18.5 Å². The lowest BCUT2D eigenvalue weighted by molar-refractivity contribution is 0.452. The molecule has 4 heteroatoms. The Bertz CT molecular complexity index is 207. The van der Waals surface area contributed by atoms with Crippen LogP contribution in [-0.2, 0) is 0 Å². The highest BCUT2D eigenvalue weighted by Crippen LogP contribution is 2.00. The maximum atomic E-state index is 5.38. The Kier molecular flexibility index (Phi) is 4.49. The topological polar surface area (TPSA) is 55.9 Å². The van der Waals surface area contributed by atoms with Crippen molar-refractivity contribution in [3.8, 4) is 0 Å². The van der Waals surface area contributed by atoms with E-state index in [1.807, 2.05) is 16.9 Å². The largest absolute Gasteiger partial charge is 0.330 e. The van der Waals surface area contributed by atoms with Crippen molar-refractivity contribution < 1.29 is 0 Å². The van der Waals surface area contributed by atoms with Crippen LogP contribution >= 0.6 is 0 Å². The van der Waals surface area contributed by atoms with Gasteiger partial charge in [-0.2, -0.15) is 5.10 Å². The van der Waals surface area contributed by atoms with Crippen molar-refractivity contribution in [2.24, 2.45) is 5.73 Å². The van der Waals surface area contributed by atoms with Crippen LogP contribution in [0.25, 0.3) is 0 Å². The summed E-state index contributed by atoms with van der Waals surface area (Å²) in [5, 5.41) is 7.50. The van der Waals surface area contributed by atoms with Crippen LogP contribution in [0, 0.1) is 0 Å². The number of nitrogens with two attached hydrogens (primary N) is 1. The maximum Gasteiger partial charge on any atom is 0.0615 e. The molecule has 1 rings (SSSR count). The highest BCUT2D eigenvalue weighted by molar-refractivity contribution is 4.80. The molecule has 0 bridgehead atoms. The van der Waals surface area contributed by atoms with E-state index in [-0.39, 0.29) is 0 Å². The standard InChI is InChI=1S/C9H18N4/c1-9(8-11-5-2-4-10)13-7-3-6-12-13/h3,6-7,9,11H,2,4-5,8,10H2,1H3. The first-order valence-corrected chi connectivity index (χ1v) is 4.74. The van der Waals surface area contributed by atoms with E-state index in [4.69, 9.17) is 5.73 Å². The number of nitrogens with one attached hydrogen (secondary N) is 1. The quantitative estimate of drug-likeness (QED) is 0.625. The molecule has 1 atom stereocenters. The zero-order chi connectivity index (χ0) is 9.52. The van der Waals surface area contributed by atoms with Crippen molar-refractivity contribution in [2.75, 3.05) is 19.6 Å². The molecule has 0 fully saturated rings. The van der Waals surface area contributed by atoms with Crippen molar-refractivity contribution in [2.45, 2.75) is 19.4 Å². The average Bonchev–Trinajstić information content (AvgIpc) is 2.65. The highest BCUT2D eigenvalue weighted by Gasteiger charge is 2.01. The molecule has 0 saturated heterocycles. The van der Waals surface area contributed by atoms with Gasteiger partial charge < -0.3 is 11.1 Å². The summed E-state index contributed by atoms with van der Waals surface area (Å²) in [5.41, 5.74) is 5.38. The van der Waals surface area contributed by atoms with Crippen molar-refractivity contribution >= 4 is 0 Å². The Hall–Kier alpha value is -0.870. The molecule has 1 heterocycles. The van der Waals surface area contributed by atoms with Crippen molar-refractivity contribution in [1.82, 2.24) is 15.1 Å². The second-order valence-corrected chi connectivity index (χ2v) is 3.18. The van der Waals surface area contributed by atoms with E-state index in [1.165, 1.54) is 0 Å². The van der Waals surface area contributed by atoms with Gasteiger partial charge in [0.2, 0.25) is 0 Å². The average molecular weight is 182 g/mol. The molecule has 0 aliphatic carbocycles. The lowest BCUT2D eigenvalue weighted by atomic mass is 10.3. The van der Waals surface area contributed by atoms with Gasteiger partial charge in [0.05, 0.1) is 6.04 Å². The Morgan fingerprint density at radius 1 is 1.62 bits per heavy atom. The first-order valence-electron chi connectivity index (χ1n) is 4.74. The summed E-state index contributed by atoms with van der Waals surface area (Å²) >= 11 is 0. The first-order chi connectivity index (χ1) is 6.34. The lowest BCUT2D eigenvalue weighted by Gasteiger charge is -2.12. The minimum Gasteiger partial charge on any atom is -0.330 e. The second kappa shape index (κ2) is 5.72. The van der Waals surface area contributed by atoms with E-state index < -0.39 is 0 Å². The van der Waals surface area contributed by atoms with E-state index in [1.54, 1.807) is 6.20 Å². The molecule has 0 radical (unpaired) electrons. The molecule has 1 unspecified atom stereocenters. The molecular weight excluding hydrogens is 164 g/mol. The van der Waals surface area contributed by atoms with Gasteiger partial charge in [-0.15, -0.1) is 0 Å². The molecule has 1 aromatic rings. The third kappa shape index (κ3) is 3.57. The van der Waals surface area contributed by atoms with Crippen LogP contribution in [0.15, 0.2) is 18.5 Å². The smallest absolute Gasteiger partial charge is 0.0615 e. The third-order valence-electron chi connectivity index (χ3n) is 1.97. The lowest BCUT2D eigenvalue weighted by Crippen LogP contribution is -2.25. The van der Waals surface area contributed by atoms with E-state index in [2.05, 4.69) is 17.3 Å². The Balaban J connectivity index is 2.15. The molecule has 0 aliphatic heterocycles. The minimum atomic E-state index is 0.410. The van der Waals surface area contributed by atoms with Gasteiger partial charge in [-0.05, 0) is 32.5 Å². The van der Waals surface area contributed by atoms with Crippen LogP contribution < -0.4 is 11.1 Å². The van der Waals surface area contributed by atoms with Gasteiger partial charge in [-0.1, -0.05) is 0 Å². The van der Waals surface area contributed by atoms with E-state index in [9.17, 15) is 0 Å². The van der Waals surface area contributed by atoms with Crippen LogP contribution in [0.2, 0.25) is 0 Å². The van der Waals surface area contributed by atoms with Crippen LogP contribution in [0.5, 0.6) is 0 Å². The molecule has 1 aromatic heterocycles. The van der Waals surface area contributed by atoms with Gasteiger partial charge >= 0.3 is 0 Å². The van der Waals surface area contributed by atoms with Gasteiger partial charge in [0.1, 0.15) is 0 Å². The van der Waals surface area contributed by atoms with Crippen LogP contribution in [0.4, 0.5) is 0 Å². The molecule has 0 spiro atoms. The highest BCUT2D eigenvalue weighted by atomic mass is 15.3.